The lowest BCUT2D eigenvalue weighted by Crippen LogP contribution is -2.41. The predicted molar refractivity (Wildman–Crippen MR) is 98.9 cm³/mol. The topological polar surface area (TPSA) is 43.4 Å². The second kappa shape index (κ2) is 5.85. The molecule has 0 aliphatic carbocycles. The molecule has 4 rings (SSSR count). The summed E-state index contributed by atoms with van der Waals surface area (Å²) in [7, 11) is 0. The molecule has 0 amide bonds. The first-order valence-corrected chi connectivity index (χ1v) is 8.00. The largest absolute Gasteiger partial charge is 0.361 e. The Morgan fingerprint density at radius 2 is 1.87 bits per heavy atom. The van der Waals surface area contributed by atoms with Gasteiger partial charge in [-0.15, -0.1) is 0 Å². The third kappa shape index (κ3) is 2.49. The minimum atomic E-state index is -0.0902. The predicted octanol–water partition coefficient (Wildman–Crippen LogP) is 3.46. The van der Waals surface area contributed by atoms with Crippen LogP contribution >= 0.6 is 12.2 Å². The third-order valence-corrected chi connectivity index (χ3v) is 4.33. The van der Waals surface area contributed by atoms with Crippen LogP contribution in [0.5, 0.6) is 0 Å². The molecule has 2 aromatic carbocycles. The van der Waals surface area contributed by atoms with E-state index in [0.29, 0.717) is 0 Å². The molecule has 0 spiro atoms. The Morgan fingerprint density at radius 3 is 2.70 bits per heavy atom. The van der Waals surface area contributed by atoms with Crippen LogP contribution in [0, 0.1) is 0 Å². The highest BCUT2D eigenvalue weighted by molar-refractivity contribution is 7.79. The van der Waals surface area contributed by atoms with Crippen molar-refractivity contribution in [1.82, 2.24) is 10.4 Å². The molecular weight excluding hydrogens is 304 g/mol. The van der Waals surface area contributed by atoms with Gasteiger partial charge in [0.05, 0.1) is 0 Å². The number of aromatic nitrogens is 1. The Labute approximate surface area is 139 Å². The van der Waals surface area contributed by atoms with E-state index in [4.69, 9.17) is 12.2 Å². The lowest BCUT2D eigenvalue weighted by Gasteiger charge is -2.24. The summed E-state index contributed by atoms with van der Waals surface area (Å²) in [4.78, 5) is 5.47. The average molecular weight is 320 g/mol. The van der Waals surface area contributed by atoms with Gasteiger partial charge >= 0.3 is 0 Å². The molecule has 2 N–H and O–H groups in total. The average Bonchev–Trinajstić information content (AvgIpc) is 3.20. The number of fused-ring (bicyclic) bond motifs is 1. The molecule has 23 heavy (non-hydrogen) atoms. The first-order chi connectivity index (χ1) is 11.4. The summed E-state index contributed by atoms with van der Waals surface area (Å²) in [6, 6.07) is 18.5. The highest BCUT2D eigenvalue weighted by atomic mass is 32.1. The van der Waals surface area contributed by atoms with Gasteiger partial charge in [0.1, 0.15) is 12.0 Å². The van der Waals surface area contributed by atoms with Gasteiger partial charge in [-0.05, 0) is 23.8 Å². The molecule has 4 nitrogen and oxygen atoms in total. The fourth-order valence-corrected chi connectivity index (χ4v) is 3.16. The number of hydrogen-bond donors (Lipinski definition) is 2. The second-order valence-electron chi connectivity index (χ2n) is 5.48. The number of H-pyrrole nitrogens is 1. The Balaban J connectivity index is 1.69. The molecule has 1 aliphatic heterocycles. The van der Waals surface area contributed by atoms with Crippen LogP contribution in [0.25, 0.3) is 10.9 Å². The summed E-state index contributed by atoms with van der Waals surface area (Å²) in [6.45, 7) is 0. The Bertz CT molecular complexity index is 869. The lowest BCUT2D eigenvalue weighted by atomic mass is 10.1. The Hall–Kier alpha value is -2.66. The maximum atomic E-state index is 5.16. The molecular formula is C18H16N4S. The van der Waals surface area contributed by atoms with E-state index in [1.54, 1.807) is 5.37 Å². The zero-order valence-electron chi connectivity index (χ0n) is 12.4. The lowest BCUT2D eigenvalue weighted by molar-refractivity contribution is 0.734. The maximum Gasteiger partial charge on any atom is 0.150 e. The maximum absolute atomic E-state index is 5.16. The second-order valence-corrected chi connectivity index (χ2v) is 5.75. The van der Waals surface area contributed by atoms with Crippen molar-refractivity contribution in [1.29, 1.82) is 0 Å². The number of nitrogens with one attached hydrogen (secondary N) is 2. The monoisotopic (exact) mass is 320 g/mol. The number of hydrazone groups is 1. The number of para-hydroxylation sites is 2. The normalized spacial score (nSPS) is 17.1. The molecule has 114 valence electrons. The van der Waals surface area contributed by atoms with Crippen molar-refractivity contribution in [3.8, 4) is 0 Å². The van der Waals surface area contributed by atoms with E-state index in [1.165, 1.54) is 10.9 Å². The zero-order chi connectivity index (χ0) is 15.6. The zero-order valence-corrected chi connectivity index (χ0v) is 13.3. The molecule has 0 saturated heterocycles. The van der Waals surface area contributed by atoms with Gasteiger partial charge in [0.15, 0.2) is 0 Å². The van der Waals surface area contributed by atoms with Gasteiger partial charge in [-0.1, -0.05) is 48.6 Å². The number of amidine groups is 1. The van der Waals surface area contributed by atoms with Gasteiger partial charge in [-0.25, -0.2) is 0 Å². The highest BCUT2D eigenvalue weighted by Crippen LogP contribution is 2.24. The van der Waals surface area contributed by atoms with E-state index in [2.05, 4.69) is 56.9 Å². The van der Waals surface area contributed by atoms with Crippen molar-refractivity contribution < 1.29 is 0 Å². The van der Waals surface area contributed by atoms with Crippen molar-refractivity contribution in [3.63, 3.8) is 0 Å². The van der Waals surface area contributed by atoms with E-state index in [1.807, 2.05) is 24.3 Å². The van der Waals surface area contributed by atoms with Crippen LogP contribution in [-0.4, -0.2) is 22.4 Å². The Morgan fingerprint density at radius 1 is 1.09 bits per heavy atom. The van der Waals surface area contributed by atoms with Gasteiger partial charge in [0.25, 0.3) is 0 Å². The smallest absolute Gasteiger partial charge is 0.150 e. The van der Waals surface area contributed by atoms with Crippen LogP contribution in [0.1, 0.15) is 5.56 Å². The van der Waals surface area contributed by atoms with E-state index in [9.17, 15) is 0 Å². The molecule has 0 radical (unpaired) electrons. The number of anilines is 1. The summed E-state index contributed by atoms with van der Waals surface area (Å²) < 4.78 is 0. The van der Waals surface area contributed by atoms with E-state index < -0.39 is 0 Å². The van der Waals surface area contributed by atoms with Gasteiger partial charge in [0, 0.05) is 34.6 Å². The fourth-order valence-electron chi connectivity index (χ4n) is 2.98. The van der Waals surface area contributed by atoms with Gasteiger partial charge in [-0.3, -0.25) is 5.43 Å². The van der Waals surface area contributed by atoms with E-state index in [-0.39, 0.29) is 6.17 Å². The van der Waals surface area contributed by atoms with E-state index in [0.717, 1.165) is 23.5 Å². The third-order valence-electron chi connectivity index (χ3n) is 4.07. The van der Waals surface area contributed by atoms with Crippen LogP contribution < -0.4 is 10.3 Å². The van der Waals surface area contributed by atoms with Gasteiger partial charge in [0.2, 0.25) is 0 Å². The summed E-state index contributed by atoms with van der Waals surface area (Å²) in [5, 5.41) is 7.45. The quantitative estimate of drug-likeness (QED) is 0.724. The number of benzene rings is 2. The van der Waals surface area contributed by atoms with Crippen LogP contribution in [-0.2, 0) is 6.42 Å². The van der Waals surface area contributed by atoms with Gasteiger partial charge in [-0.2, -0.15) is 5.10 Å². The number of rotatable bonds is 4. The van der Waals surface area contributed by atoms with Gasteiger partial charge < -0.3 is 9.88 Å². The molecule has 1 aliphatic rings. The molecule has 0 saturated carbocycles. The van der Waals surface area contributed by atoms with Crippen LogP contribution in [0.15, 0.2) is 65.9 Å². The molecule has 0 fully saturated rings. The number of thiocarbonyl (C=S) groups is 1. The molecule has 1 aromatic heterocycles. The van der Waals surface area contributed by atoms with Crippen molar-refractivity contribution in [2.75, 3.05) is 4.90 Å². The minimum absolute atomic E-state index is 0.0902. The van der Waals surface area contributed by atoms with Crippen molar-refractivity contribution in [2.24, 2.45) is 5.10 Å². The van der Waals surface area contributed by atoms with E-state index >= 15 is 0 Å². The fraction of sp³-hybridized carbons (Fsp3) is 0.111. The minimum Gasteiger partial charge on any atom is -0.361 e. The summed E-state index contributed by atoms with van der Waals surface area (Å²) in [5.41, 5.74) is 6.57. The number of nitrogens with zero attached hydrogens (tertiary/aromatic N) is 2. The highest BCUT2D eigenvalue weighted by Gasteiger charge is 2.27. The van der Waals surface area contributed by atoms with Crippen LogP contribution in [0.4, 0.5) is 5.69 Å². The van der Waals surface area contributed by atoms with Crippen LogP contribution in [0.3, 0.4) is 0 Å². The van der Waals surface area contributed by atoms with Crippen molar-refractivity contribution in [3.05, 3.63) is 66.4 Å². The molecule has 1 atom stereocenters. The molecule has 1 unspecified atom stereocenters. The van der Waals surface area contributed by atoms with Crippen molar-refractivity contribution in [2.45, 2.75) is 12.6 Å². The summed E-state index contributed by atoms with van der Waals surface area (Å²) >= 11 is 5.16. The molecule has 0 bridgehead atoms. The molecule has 3 aromatic rings. The first-order valence-electron chi connectivity index (χ1n) is 7.53. The molecule has 2 heterocycles. The van der Waals surface area contributed by atoms with Crippen LogP contribution in [0.2, 0.25) is 0 Å². The Kier molecular flexibility index (Phi) is 3.55. The SMILES string of the molecule is S=CC1NN=C(Cc2c[nH]c3ccccc23)N1c1ccccc1. The molecule has 5 heteroatoms. The number of hydrogen-bond acceptors (Lipinski definition) is 4. The first kappa shape index (κ1) is 14.0. The van der Waals surface area contributed by atoms with Crippen molar-refractivity contribution >= 4 is 40.0 Å². The standard InChI is InChI=1S/C18H16N4S/c23-12-18-21-20-17(22(18)14-6-2-1-3-7-14)10-13-11-19-16-9-5-4-8-15(13)16/h1-9,11-12,18-19,21H,10H2. The summed E-state index contributed by atoms with van der Waals surface area (Å²) in [5.74, 6) is 0.965. The number of aromatic amines is 1. The summed E-state index contributed by atoms with van der Waals surface area (Å²) in [6.07, 6.45) is 2.71.